The Hall–Kier alpha value is -2.77. The van der Waals surface area contributed by atoms with Gasteiger partial charge in [-0.25, -0.2) is 25.7 Å². The second kappa shape index (κ2) is 5.65. The normalized spacial score (nSPS) is 21.9. The van der Waals surface area contributed by atoms with Gasteiger partial charge in [0.05, 0.1) is 11.8 Å². The van der Waals surface area contributed by atoms with E-state index in [-0.39, 0.29) is 0 Å². The van der Waals surface area contributed by atoms with E-state index in [0.717, 1.165) is 29.7 Å². The summed E-state index contributed by atoms with van der Waals surface area (Å²) in [6.45, 7) is 0. The maximum atomic E-state index is 5.33. The van der Waals surface area contributed by atoms with Crippen LogP contribution in [0.25, 0.3) is 22.9 Å². The van der Waals surface area contributed by atoms with Crippen LogP contribution in [0.15, 0.2) is 49.2 Å². The Labute approximate surface area is 145 Å². The minimum Gasteiger partial charge on any atom is -0.381 e. The summed E-state index contributed by atoms with van der Waals surface area (Å²) < 4.78 is 9.39. The van der Waals surface area contributed by atoms with Crippen molar-refractivity contribution in [3.05, 3.63) is 54.9 Å². The Bertz CT molecular complexity index is 936. The van der Waals surface area contributed by atoms with E-state index < -0.39 is 0 Å². The number of imidazole rings is 1. The van der Waals surface area contributed by atoms with E-state index in [1.165, 1.54) is 5.56 Å². The van der Waals surface area contributed by atoms with Crippen molar-refractivity contribution in [1.29, 1.82) is 0 Å². The zero-order chi connectivity index (χ0) is 16.8. The molecule has 7 heteroatoms. The molecule has 0 amide bonds. The standard InChI is InChI=1S/C18H20N6O/c1-25-15-10-14(11-15)20-24-8-5-17-16(4-7-23(17)21-24)13-2-3-18-19-6-9-22(18)12-13/h2-9,12,14-15,20-21H,10-11H2,1H3. The van der Waals surface area contributed by atoms with Gasteiger partial charge in [-0.15, -0.1) is 0 Å². The first-order valence-electron chi connectivity index (χ1n) is 8.47. The molecule has 1 aliphatic heterocycles. The van der Waals surface area contributed by atoms with Crippen molar-refractivity contribution in [2.24, 2.45) is 0 Å². The van der Waals surface area contributed by atoms with E-state index in [1.807, 2.05) is 45.1 Å². The fourth-order valence-corrected chi connectivity index (χ4v) is 3.45. The maximum Gasteiger partial charge on any atom is 0.136 e. The number of methoxy groups -OCH3 is 1. The second-order valence-corrected chi connectivity index (χ2v) is 6.54. The Morgan fingerprint density at radius 1 is 1.24 bits per heavy atom. The molecule has 2 N–H and O–H groups in total. The smallest absolute Gasteiger partial charge is 0.136 e. The molecule has 0 aromatic carbocycles. The van der Waals surface area contributed by atoms with Crippen LogP contribution in [0.1, 0.15) is 18.5 Å². The van der Waals surface area contributed by atoms with Gasteiger partial charge in [-0.3, -0.25) is 0 Å². The Morgan fingerprint density at radius 3 is 3.04 bits per heavy atom. The molecule has 3 aromatic heterocycles. The monoisotopic (exact) mass is 336 g/mol. The first-order valence-corrected chi connectivity index (χ1v) is 8.47. The summed E-state index contributed by atoms with van der Waals surface area (Å²) in [6.07, 6.45) is 14.5. The largest absolute Gasteiger partial charge is 0.381 e. The van der Waals surface area contributed by atoms with E-state index in [4.69, 9.17) is 4.74 Å². The lowest BCUT2D eigenvalue weighted by atomic mass is 9.90. The average Bonchev–Trinajstić information content (AvgIpc) is 3.23. The van der Waals surface area contributed by atoms with Crippen molar-refractivity contribution in [3.8, 4) is 11.1 Å². The second-order valence-electron chi connectivity index (χ2n) is 6.54. The molecule has 25 heavy (non-hydrogen) atoms. The van der Waals surface area contributed by atoms with Gasteiger partial charge in [-0.2, -0.15) is 0 Å². The number of fused-ring (bicyclic) bond motifs is 2. The molecule has 0 spiro atoms. The van der Waals surface area contributed by atoms with Crippen LogP contribution in [-0.2, 0) is 4.74 Å². The van der Waals surface area contributed by atoms with Gasteiger partial charge >= 0.3 is 0 Å². The van der Waals surface area contributed by atoms with Crippen LogP contribution in [0.3, 0.4) is 0 Å². The molecular weight excluding hydrogens is 316 g/mol. The molecule has 0 bridgehead atoms. The minimum atomic E-state index is 0.387. The van der Waals surface area contributed by atoms with Gasteiger partial charge in [0, 0.05) is 55.3 Å². The molecule has 5 rings (SSSR count). The fourth-order valence-electron chi connectivity index (χ4n) is 3.45. The summed E-state index contributed by atoms with van der Waals surface area (Å²) in [5.74, 6) is 0. The molecule has 0 atom stereocenters. The summed E-state index contributed by atoms with van der Waals surface area (Å²) in [5.41, 5.74) is 11.2. The minimum absolute atomic E-state index is 0.387. The average molecular weight is 336 g/mol. The summed E-state index contributed by atoms with van der Waals surface area (Å²) >= 11 is 0. The van der Waals surface area contributed by atoms with Crippen LogP contribution in [-0.4, -0.2) is 38.4 Å². The van der Waals surface area contributed by atoms with Crippen molar-refractivity contribution in [1.82, 2.24) is 24.6 Å². The summed E-state index contributed by atoms with van der Waals surface area (Å²) in [4.78, 5) is 4.30. The Kier molecular flexibility index (Phi) is 3.29. The number of hydrogen-bond donors (Lipinski definition) is 2. The van der Waals surface area contributed by atoms with E-state index >= 15 is 0 Å². The summed E-state index contributed by atoms with van der Waals surface area (Å²) in [5, 5.41) is 1.91. The molecule has 0 unspecified atom stereocenters. The highest BCUT2D eigenvalue weighted by Crippen LogP contribution is 2.28. The van der Waals surface area contributed by atoms with Crippen LogP contribution in [0, 0.1) is 0 Å². The van der Waals surface area contributed by atoms with Crippen molar-refractivity contribution < 1.29 is 4.74 Å². The first kappa shape index (κ1) is 14.6. The lowest BCUT2D eigenvalue weighted by molar-refractivity contribution is -0.000121. The van der Waals surface area contributed by atoms with Gasteiger partial charge in [0.2, 0.25) is 0 Å². The fraction of sp³-hybridized carbons (Fsp3) is 0.278. The molecule has 2 aliphatic rings. The van der Waals surface area contributed by atoms with E-state index in [0.29, 0.717) is 12.1 Å². The topological polar surface area (TPSA) is 58.8 Å². The van der Waals surface area contributed by atoms with Gasteiger partial charge in [0.25, 0.3) is 0 Å². The number of hydrogen-bond acceptors (Lipinski definition) is 5. The highest BCUT2D eigenvalue weighted by molar-refractivity contribution is 5.75. The van der Waals surface area contributed by atoms with Crippen LogP contribution in [0.2, 0.25) is 0 Å². The van der Waals surface area contributed by atoms with E-state index in [9.17, 15) is 0 Å². The van der Waals surface area contributed by atoms with Crippen LogP contribution >= 0.6 is 0 Å². The SMILES string of the molecule is COC1CC(NN2C=Cc3c(-c4ccc5nccn5c4)ccn3N2)C1. The maximum absolute atomic E-state index is 5.33. The number of hydrazine groups is 2. The summed E-state index contributed by atoms with van der Waals surface area (Å²) in [7, 11) is 1.77. The molecule has 0 saturated heterocycles. The highest BCUT2D eigenvalue weighted by Gasteiger charge is 2.30. The van der Waals surface area contributed by atoms with Crippen molar-refractivity contribution in [2.45, 2.75) is 25.0 Å². The first-order chi connectivity index (χ1) is 12.3. The third-order valence-corrected chi connectivity index (χ3v) is 4.97. The van der Waals surface area contributed by atoms with E-state index in [1.54, 1.807) is 7.11 Å². The quantitative estimate of drug-likeness (QED) is 0.765. The van der Waals surface area contributed by atoms with Gasteiger partial charge in [0.1, 0.15) is 5.65 Å². The van der Waals surface area contributed by atoms with Crippen LogP contribution in [0.4, 0.5) is 0 Å². The zero-order valence-electron chi connectivity index (χ0n) is 14.0. The molecular formula is C18H20N6O. The zero-order valence-corrected chi connectivity index (χ0v) is 14.0. The van der Waals surface area contributed by atoms with Crippen LogP contribution < -0.4 is 11.0 Å². The predicted octanol–water partition coefficient (Wildman–Crippen LogP) is 2.23. The van der Waals surface area contributed by atoms with Crippen molar-refractivity contribution in [2.75, 3.05) is 12.6 Å². The van der Waals surface area contributed by atoms with Gasteiger partial charge in [0.15, 0.2) is 0 Å². The van der Waals surface area contributed by atoms with E-state index in [2.05, 4.69) is 40.4 Å². The molecule has 0 radical (unpaired) electrons. The highest BCUT2D eigenvalue weighted by atomic mass is 16.5. The van der Waals surface area contributed by atoms with Crippen molar-refractivity contribution in [3.63, 3.8) is 0 Å². The molecule has 7 nitrogen and oxygen atoms in total. The lowest BCUT2D eigenvalue weighted by Crippen LogP contribution is -2.54. The Morgan fingerprint density at radius 2 is 2.16 bits per heavy atom. The number of nitrogens with one attached hydrogen (secondary N) is 2. The number of ether oxygens (including phenoxy) is 1. The van der Waals surface area contributed by atoms with Crippen LogP contribution in [0.5, 0.6) is 0 Å². The lowest BCUT2D eigenvalue weighted by Gasteiger charge is -2.39. The molecule has 128 valence electrons. The van der Waals surface area contributed by atoms with Gasteiger partial charge in [-0.05, 0) is 37.1 Å². The number of nitrogens with zero attached hydrogens (tertiary/aromatic N) is 4. The molecule has 4 heterocycles. The van der Waals surface area contributed by atoms with Gasteiger partial charge in [-0.1, -0.05) is 0 Å². The Balaban J connectivity index is 1.36. The predicted molar refractivity (Wildman–Crippen MR) is 95.8 cm³/mol. The number of rotatable bonds is 4. The third-order valence-electron chi connectivity index (χ3n) is 4.97. The molecule has 3 aromatic rings. The molecule has 1 aliphatic carbocycles. The molecule has 1 fully saturated rings. The number of pyridine rings is 1. The number of aromatic nitrogens is 3. The molecule has 1 saturated carbocycles. The van der Waals surface area contributed by atoms with Gasteiger partial charge < -0.3 is 9.14 Å². The van der Waals surface area contributed by atoms with Crippen molar-refractivity contribution >= 4 is 11.7 Å². The summed E-state index contributed by atoms with van der Waals surface area (Å²) in [6, 6.07) is 6.72. The third kappa shape index (κ3) is 2.48.